The van der Waals surface area contributed by atoms with E-state index in [9.17, 15) is 18.8 Å². The van der Waals surface area contributed by atoms with Crippen LogP contribution in [0.1, 0.15) is 39.2 Å². The number of aromatic amines is 1. The largest absolute Gasteiger partial charge is 0.383 e. The van der Waals surface area contributed by atoms with Gasteiger partial charge in [-0.1, -0.05) is 44.9 Å². The number of rotatable bonds is 8. The number of nitrogen functional groups attached to an aromatic ring is 1. The monoisotopic (exact) mass is 424 g/mol. The van der Waals surface area contributed by atoms with E-state index in [-0.39, 0.29) is 41.0 Å². The van der Waals surface area contributed by atoms with Crippen molar-refractivity contribution in [2.24, 2.45) is 5.92 Å². The fourth-order valence-corrected chi connectivity index (χ4v) is 3.24. The number of nitrogens with two attached hydrogens (primary N) is 1. The molecule has 29 heavy (non-hydrogen) atoms. The second-order valence-corrected chi connectivity index (χ2v) is 7.68. The van der Waals surface area contributed by atoms with Crippen LogP contribution < -0.4 is 21.9 Å². The standard InChI is InChI=1S/C20H26ClFN4O3/c1-4-5-9-25-18(23)17(19(28)24-20(25)29)26(11-12(2)3)16(27)10-13-14(21)7-6-8-15(13)22/h6-8,12H,4-5,9-11,23H2,1-3H3,(H,24,28,29). The normalized spacial score (nSPS) is 11.1. The van der Waals surface area contributed by atoms with E-state index in [0.29, 0.717) is 13.0 Å². The summed E-state index contributed by atoms with van der Waals surface area (Å²) >= 11 is 6.05. The van der Waals surface area contributed by atoms with Crippen molar-refractivity contribution in [3.63, 3.8) is 0 Å². The van der Waals surface area contributed by atoms with Crippen molar-refractivity contribution >= 4 is 29.0 Å². The Morgan fingerprint density at radius 2 is 2.03 bits per heavy atom. The third-order valence-electron chi connectivity index (χ3n) is 4.46. The summed E-state index contributed by atoms with van der Waals surface area (Å²) in [6.07, 6.45) is 1.16. The lowest BCUT2D eigenvalue weighted by Crippen LogP contribution is -2.43. The molecule has 0 fully saturated rings. The van der Waals surface area contributed by atoms with Crippen LogP contribution in [0.5, 0.6) is 0 Å². The summed E-state index contributed by atoms with van der Waals surface area (Å²) in [6, 6.07) is 4.16. The molecule has 0 radical (unpaired) electrons. The van der Waals surface area contributed by atoms with E-state index >= 15 is 0 Å². The number of halogens is 2. The quantitative estimate of drug-likeness (QED) is 0.680. The molecule has 0 bridgehead atoms. The number of carbonyl (C=O) groups is 1. The highest BCUT2D eigenvalue weighted by atomic mass is 35.5. The maximum absolute atomic E-state index is 14.2. The van der Waals surface area contributed by atoms with Crippen molar-refractivity contribution in [3.05, 3.63) is 55.4 Å². The Balaban J connectivity index is 2.54. The van der Waals surface area contributed by atoms with Crippen molar-refractivity contribution in [1.29, 1.82) is 0 Å². The van der Waals surface area contributed by atoms with Crippen LogP contribution >= 0.6 is 11.6 Å². The average molecular weight is 425 g/mol. The number of aromatic nitrogens is 2. The topological polar surface area (TPSA) is 101 Å². The summed E-state index contributed by atoms with van der Waals surface area (Å²) in [5.41, 5.74) is 4.70. The number of carbonyl (C=O) groups excluding carboxylic acids is 1. The lowest BCUT2D eigenvalue weighted by atomic mass is 10.1. The first-order chi connectivity index (χ1) is 13.7. The first-order valence-corrected chi connectivity index (χ1v) is 9.91. The Morgan fingerprint density at radius 3 is 2.62 bits per heavy atom. The van der Waals surface area contributed by atoms with E-state index in [4.69, 9.17) is 17.3 Å². The Bertz CT molecular complexity index is 980. The molecule has 2 rings (SSSR count). The highest BCUT2D eigenvalue weighted by Crippen LogP contribution is 2.23. The van der Waals surface area contributed by atoms with Crippen molar-refractivity contribution in [3.8, 4) is 0 Å². The molecule has 1 aromatic carbocycles. The van der Waals surface area contributed by atoms with Crippen LogP contribution in [0.25, 0.3) is 0 Å². The van der Waals surface area contributed by atoms with Crippen LogP contribution in [0.2, 0.25) is 5.02 Å². The summed E-state index contributed by atoms with van der Waals surface area (Å²) in [7, 11) is 0. The van der Waals surface area contributed by atoms with Gasteiger partial charge in [-0.3, -0.25) is 19.1 Å². The highest BCUT2D eigenvalue weighted by Gasteiger charge is 2.26. The predicted octanol–water partition coefficient (Wildman–Crippen LogP) is 2.94. The van der Waals surface area contributed by atoms with Crippen LogP contribution in [0.4, 0.5) is 15.9 Å². The molecule has 158 valence electrons. The van der Waals surface area contributed by atoms with Crippen LogP contribution in [-0.4, -0.2) is 22.0 Å². The van der Waals surface area contributed by atoms with Gasteiger partial charge in [0.2, 0.25) is 5.91 Å². The minimum absolute atomic E-state index is 0.00939. The molecule has 0 aliphatic carbocycles. The van der Waals surface area contributed by atoms with E-state index in [1.807, 2.05) is 20.8 Å². The van der Waals surface area contributed by atoms with E-state index < -0.39 is 23.0 Å². The lowest BCUT2D eigenvalue weighted by Gasteiger charge is -2.26. The molecule has 0 atom stereocenters. The van der Waals surface area contributed by atoms with Crippen molar-refractivity contribution in [2.45, 2.75) is 46.6 Å². The molecular weight excluding hydrogens is 399 g/mol. The minimum Gasteiger partial charge on any atom is -0.383 e. The first-order valence-electron chi connectivity index (χ1n) is 9.53. The van der Waals surface area contributed by atoms with Crippen molar-refractivity contribution in [2.75, 3.05) is 17.2 Å². The van der Waals surface area contributed by atoms with E-state index in [0.717, 1.165) is 6.42 Å². The molecule has 0 aliphatic heterocycles. The molecule has 1 amide bonds. The summed E-state index contributed by atoms with van der Waals surface area (Å²) < 4.78 is 15.4. The van der Waals surface area contributed by atoms with Gasteiger partial charge in [0.25, 0.3) is 5.56 Å². The molecule has 7 nitrogen and oxygen atoms in total. The number of amides is 1. The van der Waals surface area contributed by atoms with E-state index in [1.165, 1.54) is 27.7 Å². The predicted molar refractivity (Wildman–Crippen MR) is 113 cm³/mol. The van der Waals surface area contributed by atoms with Gasteiger partial charge < -0.3 is 10.6 Å². The Morgan fingerprint density at radius 1 is 1.34 bits per heavy atom. The van der Waals surface area contributed by atoms with Gasteiger partial charge >= 0.3 is 5.69 Å². The number of hydrogen-bond acceptors (Lipinski definition) is 4. The number of anilines is 2. The van der Waals surface area contributed by atoms with Gasteiger partial charge in [-0.15, -0.1) is 0 Å². The van der Waals surface area contributed by atoms with Crippen LogP contribution in [0.3, 0.4) is 0 Å². The molecule has 1 heterocycles. The van der Waals surface area contributed by atoms with Crippen LogP contribution in [0.15, 0.2) is 27.8 Å². The first kappa shape index (κ1) is 22.7. The van der Waals surface area contributed by atoms with Crippen LogP contribution in [0, 0.1) is 11.7 Å². The minimum atomic E-state index is -0.756. The Hall–Kier alpha value is -2.61. The zero-order chi connectivity index (χ0) is 21.7. The number of hydrogen-bond donors (Lipinski definition) is 2. The fourth-order valence-electron chi connectivity index (χ4n) is 3.01. The number of H-pyrrole nitrogens is 1. The maximum atomic E-state index is 14.2. The third-order valence-corrected chi connectivity index (χ3v) is 4.81. The average Bonchev–Trinajstić information content (AvgIpc) is 2.63. The summed E-state index contributed by atoms with van der Waals surface area (Å²) in [4.78, 5) is 41.2. The summed E-state index contributed by atoms with van der Waals surface area (Å²) in [5, 5.41) is 0.123. The molecule has 0 unspecified atom stereocenters. The Labute approximate surface area is 173 Å². The molecule has 0 saturated heterocycles. The molecule has 0 saturated carbocycles. The van der Waals surface area contributed by atoms with Gasteiger partial charge in [0.15, 0.2) is 5.69 Å². The van der Waals surface area contributed by atoms with Crippen LogP contribution in [-0.2, 0) is 17.8 Å². The molecule has 3 N–H and O–H groups in total. The number of nitrogens with one attached hydrogen (secondary N) is 1. The lowest BCUT2D eigenvalue weighted by molar-refractivity contribution is -0.118. The molecule has 0 spiro atoms. The van der Waals surface area contributed by atoms with Gasteiger partial charge in [-0.05, 0) is 24.5 Å². The van der Waals surface area contributed by atoms with Gasteiger partial charge in [0.05, 0.1) is 6.42 Å². The molecule has 9 heteroatoms. The second-order valence-electron chi connectivity index (χ2n) is 7.27. The zero-order valence-electron chi connectivity index (χ0n) is 16.8. The van der Waals surface area contributed by atoms with Crippen molar-refractivity contribution < 1.29 is 9.18 Å². The fraction of sp³-hybridized carbons (Fsp3) is 0.450. The van der Waals surface area contributed by atoms with E-state index in [2.05, 4.69) is 4.98 Å². The Kier molecular flexibility index (Phi) is 7.61. The number of nitrogens with zero attached hydrogens (tertiary/aromatic N) is 2. The SMILES string of the molecule is CCCCn1c(N)c(N(CC(C)C)C(=O)Cc2c(F)cccc2Cl)c(=O)[nH]c1=O. The molecule has 0 aliphatic rings. The number of unbranched alkanes of at least 4 members (excludes halogenated alkanes) is 1. The van der Waals surface area contributed by atoms with Gasteiger partial charge in [0, 0.05) is 23.7 Å². The maximum Gasteiger partial charge on any atom is 0.330 e. The van der Waals surface area contributed by atoms with E-state index in [1.54, 1.807) is 0 Å². The number of benzene rings is 1. The highest BCUT2D eigenvalue weighted by molar-refractivity contribution is 6.31. The van der Waals surface area contributed by atoms with Gasteiger partial charge in [0.1, 0.15) is 11.6 Å². The summed E-state index contributed by atoms with van der Waals surface area (Å²) in [5.74, 6) is -1.24. The molecule has 1 aromatic heterocycles. The zero-order valence-corrected chi connectivity index (χ0v) is 17.6. The third kappa shape index (κ3) is 5.26. The van der Waals surface area contributed by atoms with Gasteiger partial charge in [-0.2, -0.15) is 0 Å². The second kappa shape index (κ2) is 9.73. The van der Waals surface area contributed by atoms with Gasteiger partial charge in [-0.25, -0.2) is 9.18 Å². The summed E-state index contributed by atoms with van der Waals surface area (Å²) in [6.45, 7) is 6.18. The molecule has 2 aromatic rings. The van der Waals surface area contributed by atoms with Crippen molar-refractivity contribution in [1.82, 2.24) is 9.55 Å². The smallest absolute Gasteiger partial charge is 0.330 e. The molecular formula is C20H26ClFN4O3.